The molecule has 2 rings (SSSR count). The lowest BCUT2D eigenvalue weighted by Crippen LogP contribution is -2.50. The molecule has 1 heterocycles. The largest absolute Gasteiger partial charge is 0.336 e. The van der Waals surface area contributed by atoms with Gasteiger partial charge < -0.3 is 4.90 Å². The van der Waals surface area contributed by atoms with Gasteiger partial charge in [-0.2, -0.15) is 0 Å². The van der Waals surface area contributed by atoms with Crippen LogP contribution in [-0.2, 0) is 0 Å². The second-order valence-electron chi connectivity index (χ2n) is 5.02. The maximum absolute atomic E-state index is 13.9. The summed E-state index contributed by atoms with van der Waals surface area (Å²) in [4.78, 5) is 16.3. The van der Waals surface area contributed by atoms with Crippen molar-refractivity contribution < 1.29 is 9.18 Å². The Balaban J connectivity index is 2.07. The van der Waals surface area contributed by atoms with Crippen LogP contribution < -0.4 is 0 Å². The average molecular weight is 329 g/mol. The second kappa shape index (κ2) is 6.01. The van der Waals surface area contributed by atoms with Crippen molar-refractivity contribution in [3.8, 4) is 0 Å². The van der Waals surface area contributed by atoms with Crippen molar-refractivity contribution in [2.45, 2.75) is 19.9 Å². The summed E-state index contributed by atoms with van der Waals surface area (Å²) in [6.07, 6.45) is 0. The molecule has 0 radical (unpaired) electrons. The van der Waals surface area contributed by atoms with E-state index >= 15 is 0 Å². The Morgan fingerprint density at radius 3 is 2.47 bits per heavy atom. The summed E-state index contributed by atoms with van der Waals surface area (Å²) in [6, 6.07) is 5.31. The van der Waals surface area contributed by atoms with Gasteiger partial charge in [-0.05, 0) is 41.9 Å². The van der Waals surface area contributed by atoms with E-state index in [9.17, 15) is 9.18 Å². The van der Waals surface area contributed by atoms with Crippen LogP contribution in [0.2, 0.25) is 0 Å². The fourth-order valence-electron chi connectivity index (χ4n) is 2.28. The first-order valence-corrected chi connectivity index (χ1v) is 7.27. The third kappa shape index (κ3) is 3.15. The molecular weight excluding hydrogens is 311 g/mol. The van der Waals surface area contributed by atoms with Gasteiger partial charge in [0.2, 0.25) is 0 Å². The lowest BCUT2D eigenvalue weighted by molar-refractivity contribution is 0.0591. The summed E-state index contributed by atoms with van der Waals surface area (Å²) in [7, 11) is 0. The first kappa shape index (κ1) is 14.5. The van der Waals surface area contributed by atoms with E-state index in [4.69, 9.17) is 0 Å². The highest BCUT2D eigenvalue weighted by Crippen LogP contribution is 2.20. The minimum absolute atomic E-state index is 0.146. The lowest BCUT2D eigenvalue weighted by atomic mass is 10.1. The summed E-state index contributed by atoms with van der Waals surface area (Å²) < 4.78 is 14.2. The van der Waals surface area contributed by atoms with Crippen LogP contribution in [0, 0.1) is 5.82 Å². The van der Waals surface area contributed by atoms with Crippen molar-refractivity contribution in [3.05, 3.63) is 34.1 Å². The van der Waals surface area contributed by atoms with E-state index in [1.165, 1.54) is 6.07 Å². The molecule has 0 bridgehead atoms. The van der Waals surface area contributed by atoms with Gasteiger partial charge in [0.05, 0.1) is 10.0 Å². The third-order valence-electron chi connectivity index (χ3n) is 3.51. The Kier molecular flexibility index (Phi) is 4.58. The highest BCUT2D eigenvalue weighted by Gasteiger charge is 2.25. The Bertz CT molecular complexity index is 471. The van der Waals surface area contributed by atoms with E-state index < -0.39 is 5.82 Å². The molecule has 0 aromatic heterocycles. The predicted molar refractivity (Wildman–Crippen MR) is 76.7 cm³/mol. The van der Waals surface area contributed by atoms with E-state index in [-0.39, 0.29) is 11.5 Å². The zero-order valence-electron chi connectivity index (χ0n) is 11.2. The zero-order chi connectivity index (χ0) is 14.0. The first-order valence-electron chi connectivity index (χ1n) is 6.48. The number of carbonyl (C=O) groups is 1. The molecule has 1 fully saturated rings. The van der Waals surface area contributed by atoms with E-state index in [0.717, 1.165) is 13.1 Å². The number of benzene rings is 1. The maximum Gasteiger partial charge on any atom is 0.256 e. The molecule has 0 atom stereocenters. The molecule has 0 spiro atoms. The summed E-state index contributed by atoms with van der Waals surface area (Å²) in [5, 5.41) is 0. The van der Waals surface area contributed by atoms with E-state index in [1.54, 1.807) is 17.0 Å². The van der Waals surface area contributed by atoms with E-state index in [0.29, 0.717) is 23.6 Å². The fraction of sp³-hybridized carbons (Fsp3) is 0.500. The van der Waals surface area contributed by atoms with Crippen LogP contribution in [0.3, 0.4) is 0 Å². The smallest absolute Gasteiger partial charge is 0.256 e. The van der Waals surface area contributed by atoms with Crippen molar-refractivity contribution in [1.82, 2.24) is 9.80 Å². The molecule has 5 heteroatoms. The van der Waals surface area contributed by atoms with Crippen molar-refractivity contribution >= 4 is 21.8 Å². The molecule has 1 aliphatic rings. The highest BCUT2D eigenvalue weighted by atomic mass is 79.9. The van der Waals surface area contributed by atoms with Gasteiger partial charge >= 0.3 is 0 Å². The molecule has 1 aliphatic heterocycles. The van der Waals surface area contributed by atoms with Crippen molar-refractivity contribution in [2.24, 2.45) is 0 Å². The summed E-state index contributed by atoms with van der Waals surface area (Å²) in [5.74, 6) is -0.694. The number of carbonyl (C=O) groups excluding carboxylic acids is 1. The predicted octanol–water partition coefficient (Wildman–Crippen LogP) is 2.75. The Morgan fingerprint density at radius 2 is 1.89 bits per heavy atom. The number of halogens is 2. The highest BCUT2D eigenvalue weighted by molar-refractivity contribution is 9.10. The fourth-order valence-corrected chi connectivity index (χ4v) is 2.65. The molecule has 1 saturated heterocycles. The molecule has 1 aromatic carbocycles. The Morgan fingerprint density at radius 1 is 1.26 bits per heavy atom. The topological polar surface area (TPSA) is 23.6 Å². The lowest BCUT2D eigenvalue weighted by Gasteiger charge is -2.37. The van der Waals surface area contributed by atoms with Crippen LogP contribution in [0.4, 0.5) is 4.39 Å². The Labute approximate surface area is 121 Å². The van der Waals surface area contributed by atoms with Gasteiger partial charge in [0.25, 0.3) is 5.91 Å². The molecule has 0 aliphatic carbocycles. The first-order chi connectivity index (χ1) is 9.00. The third-order valence-corrected chi connectivity index (χ3v) is 4.13. The monoisotopic (exact) mass is 328 g/mol. The van der Waals surface area contributed by atoms with E-state index in [2.05, 4.69) is 34.7 Å². The van der Waals surface area contributed by atoms with Gasteiger partial charge in [0.1, 0.15) is 5.82 Å². The molecule has 0 saturated carbocycles. The number of hydrogen-bond donors (Lipinski definition) is 0. The second-order valence-corrected chi connectivity index (χ2v) is 5.88. The van der Waals surface area contributed by atoms with Crippen LogP contribution in [0.5, 0.6) is 0 Å². The average Bonchev–Trinajstić information content (AvgIpc) is 2.41. The number of nitrogens with zero attached hydrogens (tertiary/aromatic N) is 2. The van der Waals surface area contributed by atoms with Crippen LogP contribution in [-0.4, -0.2) is 47.9 Å². The zero-order valence-corrected chi connectivity index (χ0v) is 12.8. The SMILES string of the molecule is CC(C)N1CCN(C(=O)c2cccc(Br)c2F)CC1. The van der Waals surface area contributed by atoms with Crippen LogP contribution in [0.25, 0.3) is 0 Å². The van der Waals surface area contributed by atoms with Crippen LogP contribution in [0.1, 0.15) is 24.2 Å². The normalized spacial score (nSPS) is 17.0. The standard InChI is InChI=1S/C14H18BrFN2O/c1-10(2)17-6-8-18(9-7-17)14(19)11-4-3-5-12(15)13(11)16/h3-5,10H,6-9H2,1-2H3. The molecule has 1 aromatic rings. The maximum atomic E-state index is 13.9. The molecule has 19 heavy (non-hydrogen) atoms. The van der Waals surface area contributed by atoms with Crippen LogP contribution >= 0.6 is 15.9 Å². The van der Waals surface area contributed by atoms with Crippen molar-refractivity contribution in [1.29, 1.82) is 0 Å². The number of piperazine rings is 1. The minimum Gasteiger partial charge on any atom is -0.336 e. The van der Waals surface area contributed by atoms with Gasteiger partial charge in [-0.3, -0.25) is 9.69 Å². The van der Waals surface area contributed by atoms with E-state index in [1.807, 2.05) is 0 Å². The summed E-state index contributed by atoms with van der Waals surface area (Å²) >= 11 is 3.11. The number of amides is 1. The van der Waals surface area contributed by atoms with Gasteiger partial charge in [-0.1, -0.05) is 6.07 Å². The summed E-state index contributed by atoms with van der Waals surface area (Å²) in [6.45, 7) is 7.29. The quantitative estimate of drug-likeness (QED) is 0.833. The molecule has 104 valence electrons. The van der Waals surface area contributed by atoms with Crippen LogP contribution in [0.15, 0.2) is 22.7 Å². The summed E-state index contributed by atoms with van der Waals surface area (Å²) in [5.41, 5.74) is 0.146. The molecule has 3 nitrogen and oxygen atoms in total. The molecule has 0 N–H and O–H groups in total. The minimum atomic E-state index is -0.473. The van der Waals surface area contributed by atoms with Gasteiger partial charge in [-0.25, -0.2) is 4.39 Å². The van der Waals surface area contributed by atoms with Gasteiger partial charge in [0.15, 0.2) is 0 Å². The Hall–Kier alpha value is -0.940. The van der Waals surface area contributed by atoms with Gasteiger partial charge in [0, 0.05) is 32.2 Å². The molecule has 1 amide bonds. The van der Waals surface area contributed by atoms with Crippen molar-refractivity contribution in [3.63, 3.8) is 0 Å². The molecule has 0 unspecified atom stereocenters. The van der Waals surface area contributed by atoms with Gasteiger partial charge in [-0.15, -0.1) is 0 Å². The van der Waals surface area contributed by atoms with Crippen molar-refractivity contribution in [2.75, 3.05) is 26.2 Å². The number of rotatable bonds is 2. The molecular formula is C14H18BrFN2O. The number of hydrogen-bond acceptors (Lipinski definition) is 2.